The Morgan fingerprint density at radius 1 is 1.11 bits per heavy atom. The van der Waals surface area contributed by atoms with Gasteiger partial charge in [-0.3, -0.25) is 9.59 Å². The summed E-state index contributed by atoms with van der Waals surface area (Å²) in [6.45, 7) is 3.57. The van der Waals surface area contributed by atoms with E-state index < -0.39 is 22.7 Å². The number of amides is 2. The van der Waals surface area contributed by atoms with Gasteiger partial charge in [0.25, 0.3) is 5.91 Å². The Morgan fingerprint density at radius 2 is 1.81 bits per heavy atom. The van der Waals surface area contributed by atoms with Crippen molar-refractivity contribution in [3.05, 3.63) is 64.7 Å². The molecule has 0 saturated carbocycles. The van der Waals surface area contributed by atoms with Crippen LogP contribution in [0.1, 0.15) is 39.9 Å². The molecule has 1 atom stereocenters. The zero-order valence-electron chi connectivity index (χ0n) is 20.6. The molecule has 2 saturated heterocycles. The lowest BCUT2D eigenvalue weighted by atomic mass is 9.70. The maximum Gasteiger partial charge on any atom is 0.417 e. The number of anilines is 1. The summed E-state index contributed by atoms with van der Waals surface area (Å²) in [5, 5.41) is 9.08. The fraction of sp³-hybridized carbons (Fsp3) is 0.444. The van der Waals surface area contributed by atoms with E-state index in [1.54, 1.807) is 36.0 Å². The fourth-order valence-corrected chi connectivity index (χ4v) is 5.51. The Balaban J connectivity index is 1.57. The first-order chi connectivity index (χ1) is 16.9. The van der Waals surface area contributed by atoms with Gasteiger partial charge in [-0.05, 0) is 50.1 Å². The third-order valence-corrected chi connectivity index (χ3v) is 7.49. The Hall–Kier alpha value is -3.54. The lowest BCUT2D eigenvalue weighted by Gasteiger charge is -2.43. The van der Waals surface area contributed by atoms with Gasteiger partial charge < -0.3 is 14.7 Å². The molecule has 2 aliphatic rings. The number of rotatable bonds is 3. The smallest absolute Gasteiger partial charge is 0.371 e. The standard InChI is InChI=1S/C27H29F3N4O2/c1-18-5-4-6-19(13-18)24(35)34-16-23(25(36)32(2)3)26(17-34)9-11-33(12-10-26)21-8-7-20(15-31)22(14-21)27(28,29)30/h4-8,13-14,23H,9-12,16-17H2,1-3H3. The van der Waals surface area contributed by atoms with Crippen molar-refractivity contribution in [3.8, 4) is 6.07 Å². The van der Waals surface area contributed by atoms with Crippen molar-refractivity contribution in [2.45, 2.75) is 25.9 Å². The molecule has 0 N–H and O–H groups in total. The van der Waals surface area contributed by atoms with E-state index in [9.17, 15) is 22.8 Å². The van der Waals surface area contributed by atoms with Gasteiger partial charge in [0.1, 0.15) is 0 Å². The normalized spacial score (nSPS) is 19.3. The molecule has 0 aliphatic carbocycles. The quantitative estimate of drug-likeness (QED) is 0.632. The molecular formula is C27H29F3N4O2. The first kappa shape index (κ1) is 25.5. The van der Waals surface area contributed by atoms with Gasteiger partial charge in [-0.25, -0.2) is 0 Å². The molecule has 0 aromatic heterocycles. The number of alkyl halides is 3. The molecule has 0 bridgehead atoms. The number of nitrogens with zero attached hydrogens (tertiary/aromatic N) is 4. The Kier molecular flexibility index (Phi) is 6.74. The monoisotopic (exact) mass is 498 g/mol. The summed E-state index contributed by atoms with van der Waals surface area (Å²) in [6, 6.07) is 12.8. The number of nitriles is 1. The number of aryl methyl sites for hydroxylation is 1. The van der Waals surface area contributed by atoms with Crippen LogP contribution >= 0.6 is 0 Å². The summed E-state index contributed by atoms with van der Waals surface area (Å²) in [5.74, 6) is -0.535. The Labute approximate surface area is 208 Å². The van der Waals surface area contributed by atoms with Crippen molar-refractivity contribution < 1.29 is 22.8 Å². The predicted molar refractivity (Wildman–Crippen MR) is 129 cm³/mol. The minimum atomic E-state index is -4.62. The van der Waals surface area contributed by atoms with Crippen molar-refractivity contribution in [3.63, 3.8) is 0 Å². The van der Waals surface area contributed by atoms with Gasteiger partial charge in [0.05, 0.1) is 23.1 Å². The van der Waals surface area contributed by atoms with E-state index in [0.717, 1.165) is 11.6 Å². The molecule has 1 unspecified atom stereocenters. The van der Waals surface area contributed by atoms with Crippen LogP contribution in [0, 0.1) is 29.6 Å². The third kappa shape index (κ3) is 4.77. The molecule has 2 amide bonds. The predicted octanol–water partition coefficient (Wildman–Crippen LogP) is 4.33. The Bertz CT molecular complexity index is 1210. The van der Waals surface area contributed by atoms with Crippen LogP contribution in [0.3, 0.4) is 0 Å². The maximum absolute atomic E-state index is 13.5. The summed E-state index contributed by atoms with van der Waals surface area (Å²) >= 11 is 0. The molecule has 2 fully saturated rings. The van der Waals surface area contributed by atoms with Crippen molar-refractivity contribution in [1.29, 1.82) is 5.26 Å². The van der Waals surface area contributed by atoms with Gasteiger partial charge in [0.15, 0.2) is 0 Å². The SMILES string of the molecule is Cc1cccc(C(=O)N2CC(C(=O)N(C)C)C3(CCN(c4ccc(C#N)c(C(F)(F)F)c4)CC3)C2)c1. The highest BCUT2D eigenvalue weighted by molar-refractivity contribution is 5.95. The van der Waals surface area contributed by atoms with Crippen LogP contribution in [0.5, 0.6) is 0 Å². The second-order valence-electron chi connectivity index (χ2n) is 10.0. The maximum atomic E-state index is 13.5. The minimum absolute atomic E-state index is 0.0410. The van der Waals surface area contributed by atoms with Gasteiger partial charge in [-0.2, -0.15) is 18.4 Å². The second-order valence-corrected chi connectivity index (χ2v) is 10.0. The first-order valence-electron chi connectivity index (χ1n) is 11.9. The topological polar surface area (TPSA) is 67.7 Å². The van der Waals surface area contributed by atoms with Crippen LogP contribution in [0.25, 0.3) is 0 Å². The highest BCUT2D eigenvalue weighted by Crippen LogP contribution is 2.47. The van der Waals surface area contributed by atoms with E-state index in [0.29, 0.717) is 50.3 Å². The number of likely N-dealkylation sites (tertiary alicyclic amines) is 1. The minimum Gasteiger partial charge on any atom is -0.371 e. The number of hydrogen-bond donors (Lipinski definition) is 0. The van der Waals surface area contributed by atoms with Crippen molar-refractivity contribution in [2.75, 3.05) is 45.2 Å². The molecule has 4 rings (SSSR count). The van der Waals surface area contributed by atoms with E-state index in [4.69, 9.17) is 5.26 Å². The second kappa shape index (κ2) is 9.49. The molecule has 36 heavy (non-hydrogen) atoms. The summed E-state index contributed by atoms with van der Waals surface area (Å²) < 4.78 is 40.4. The third-order valence-electron chi connectivity index (χ3n) is 7.49. The van der Waals surface area contributed by atoms with Crippen molar-refractivity contribution in [2.24, 2.45) is 11.3 Å². The summed E-state index contributed by atoms with van der Waals surface area (Å²) in [4.78, 5) is 31.6. The highest BCUT2D eigenvalue weighted by Gasteiger charge is 2.52. The van der Waals surface area contributed by atoms with Crippen molar-refractivity contribution >= 4 is 17.5 Å². The van der Waals surface area contributed by atoms with E-state index in [1.165, 1.54) is 12.1 Å². The first-order valence-corrected chi connectivity index (χ1v) is 11.9. The molecular weight excluding hydrogens is 469 g/mol. The number of carbonyl (C=O) groups excluding carboxylic acids is 2. The summed E-state index contributed by atoms with van der Waals surface area (Å²) in [6.07, 6.45) is -3.49. The molecule has 9 heteroatoms. The number of carbonyl (C=O) groups is 2. The van der Waals surface area contributed by atoms with Crippen LogP contribution in [0.15, 0.2) is 42.5 Å². The molecule has 2 aromatic carbocycles. The fourth-order valence-electron chi connectivity index (χ4n) is 5.51. The van der Waals surface area contributed by atoms with E-state index >= 15 is 0 Å². The number of benzene rings is 2. The zero-order valence-corrected chi connectivity index (χ0v) is 20.6. The van der Waals surface area contributed by atoms with Gasteiger partial charge in [0, 0.05) is 56.9 Å². The molecule has 190 valence electrons. The molecule has 0 radical (unpaired) electrons. The number of piperidine rings is 1. The largest absolute Gasteiger partial charge is 0.417 e. The van der Waals surface area contributed by atoms with E-state index in [2.05, 4.69) is 0 Å². The zero-order chi connectivity index (χ0) is 26.3. The Morgan fingerprint density at radius 3 is 2.39 bits per heavy atom. The van der Waals surface area contributed by atoms with Crippen LogP contribution in [0.4, 0.5) is 18.9 Å². The van der Waals surface area contributed by atoms with Gasteiger partial charge in [-0.1, -0.05) is 17.7 Å². The van der Waals surface area contributed by atoms with Crippen LogP contribution in [-0.2, 0) is 11.0 Å². The highest BCUT2D eigenvalue weighted by atomic mass is 19.4. The average Bonchev–Trinajstić information content (AvgIpc) is 3.21. The molecule has 2 aromatic rings. The van der Waals surface area contributed by atoms with Crippen LogP contribution in [0.2, 0.25) is 0 Å². The van der Waals surface area contributed by atoms with Gasteiger partial charge in [-0.15, -0.1) is 0 Å². The van der Waals surface area contributed by atoms with Crippen LogP contribution < -0.4 is 4.90 Å². The number of halogens is 3. The van der Waals surface area contributed by atoms with Gasteiger partial charge in [0.2, 0.25) is 5.91 Å². The lowest BCUT2D eigenvalue weighted by molar-refractivity contribution is -0.138. The van der Waals surface area contributed by atoms with E-state index in [1.807, 2.05) is 30.0 Å². The molecule has 2 heterocycles. The van der Waals surface area contributed by atoms with Crippen LogP contribution in [-0.4, -0.2) is 61.9 Å². The van der Waals surface area contributed by atoms with Crippen molar-refractivity contribution in [1.82, 2.24) is 9.80 Å². The summed E-state index contributed by atoms with van der Waals surface area (Å²) in [5.41, 5.74) is 0.160. The van der Waals surface area contributed by atoms with E-state index in [-0.39, 0.29) is 17.7 Å². The molecule has 6 nitrogen and oxygen atoms in total. The average molecular weight is 499 g/mol. The van der Waals surface area contributed by atoms with Gasteiger partial charge >= 0.3 is 6.18 Å². The molecule has 2 aliphatic heterocycles. The lowest BCUT2D eigenvalue weighted by Crippen LogP contribution is -2.48. The summed E-state index contributed by atoms with van der Waals surface area (Å²) in [7, 11) is 3.40. The molecule has 1 spiro atoms. The number of hydrogen-bond acceptors (Lipinski definition) is 4.